The number of hydrogen-bond donors (Lipinski definition) is 1. The molecular formula is C14H17NO4. The fourth-order valence-corrected chi connectivity index (χ4v) is 2.17. The first-order valence-corrected chi connectivity index (χ1v) is 6.26. The molecule has 19 heavy (non-hydrogen) atoms. The minimum atomic E-state index is -1.03. The third-order valence-corrected chi connectivity index (χ3v) is 3.50. The van der Waals surface area contributed by atoms with E-state index in [0.29, 0.717) is 18.7 Å². The zero-order valence-corrected chi connectivity index (χ0v) is 11.0. The number of carbonyl (C=O) groups excluding carboxylic acids is 1. The molecule has 0 aliphatic carbocycles. The number of carbonyl (C=O) groups is 2. The molecular weight excluding hydrogens is 246 g/mol. The topological polar surface area (TPSA) is 66.8 Å². The van der Waals surface area contributed by atoms with Gasteiger partial charge in [-0.1, -0.05) is 6.07 Å². The predicted molar refractivity (Wildman–Crippen MR) is 69.3 cm³/mol. The van der Waals surface area contributed by atoms with Gasteiger partial charge in [-0.05, 0) is 32.0 Å². The molecule has 2 rings (SSSR count). The molecule has 0 saturated carbocycles. The van der Waals surface area contributed by atoms with Gasteiger partial charge in [0, 0.05) is 12.1 Å². The van der Waals surface area contributed by atoms with Crippen LogP contribution in [-0.2, 0) is 4.74 Å². The highest BCUT2D eigenvalue weighted by Crippen LogP contribution is 2.17. The number of morpholine rings is 1. The number of aromatic carboxylic acids is 1. The van der Waals surface area contributed by atoms with E-state index >= 15 is 0 Å². The number of rotatable bonds is 2. The molecule has 1 heterocycles. The standard InChI is InChI=1S/C14H17NO4/c1-9-10(2)19-7-6-15(9)13(16)11-4-3-5-12(8-11)14(17)18/h3-5,8-10H,6-7H2,1-2H3,(H,17,18)/t9-,10-/m1/s1. The second-order valence-corrected chi connectivity index (χ2v) is 4.70. The maximum Gasteiger partial charge on any atom is 0.335 e. The summed E-state index contributed by atoms with van der Waals surface area (Å²) < 4.78 is 5.48. The molecule has 1 aliphatic rings. The van der Waals surface area contributed by atoms with Crippen molar-refractivity contribution in [3.63, 3.8) is 0 Å². The molecule has 1 N–H and O–H groups in total. The van der Waals surface area contributed by atoms with E-state index in [1.54, 1.807) is 17.0 Å². The lowest BCUT2D eigenvalue weighted by Crippen LogP contribution is -2.51. The minimum Gasteiger partial charge on any atom is -0.478 e. The highest BCUT2D eigenvalue weighted by atomic mass is 16.5. The van der Waals surface area contributed by atoms with Crippen molar-refractivity contribution in [3.8, 4) is 0 Å². The zero-order valence-electron chi connectivity index (χ0n) is 11.0. The summed E-state index contributed by atoms with van der Waals surface area (Å²) in [6.45, 7) is 4.90. The number of carboxylic acid groups (broad SMARTS) is 1. The minimum absolute atomic E-state index is 0.0136. The second kappa shape index (κ2) is 5.40. The first-order chi connectivity index (χ1) is 9.00. The largest absolute Gasteiger partial charge is 0.478 e. The van der Waals surface area contributed by atoms with Crippen LogP contribution in [0.3, 0.4) is 0 Å². The molecule has 102 valence electrons. The lowest BCUT2D eigenvalue weighted by atomic mass is 10.1. The molecule has 5 nitrogen and oxygen atoms in total. The van der Waals surface area contributed by atoms with E-state index in [0.717, 1.165) is 0 Å². The van der Waals surface area contributed by atoms with Crippen LogP contribution in [-0.4, -0.2) is 47.2 Å². The normalized spacial score (nSPS) is 23.2. The number of hydrogen-bond acceptors (Lipinski definition) is 3. The van der Waals surface area contributed by atoms with Gasteiger partial charge in [0.05, 0.1) is 24.3 Å². The van der Waals surface area contributed by atoms with Crippen LogP contribution < -0.4 is 0 Å². The van der Waals surface area contributed by atoms with Crippen LogP contribution in [0.5, 0.6) is 0 Å². The molecule has 0 unspecified atom stereocenters. The molecule has 2 atom stereocenters. The van der Waals surface area contributed by atoms with E-state index in [1.165, 1.54) is 12.1 Å². The predicted octanol–water partition coefficient (Wildman–Crippen LogP) is 1.63. The number of nitrogens with zero attached hydrogens (tertiary/aromatic N) is 1. The zero-order chi connectivity index (χ0) is 14.0. The first kappa shape index (κ1) is 13.5. The third kappa shape index (κ3) is 2.76. The maximum atomic E-state index is 12.4. The molecule has 0 spiro atoms. The smallest absolute Gasteiger partial charge is 0.335 e. The SMILES string of the molecule is C[C@@H]1[C@@H](C)OCCN1C(=O)c1cccc(C(=O)O)c1. The van der Waals surface area contributed by atoms with Crippen molar-refractivity contribution in [1.29, 1.82) is 0 Å². The van der Waals surface area contributed by atoms with E-state index in [-0.39, 0.29) is 23.6 Å². The van der Waals surface area contributed by atoms with Gasteiger partial charge in [-0.15, -0.1) is 0 Å². The van der Waals surface area contributed by atoms with Crippen LogP contribution in [0.4, 0.5) is 0 Å². The van der Waals surface area contributed by atoms with Crippen LogP contribution in [0.1, 0.15) is 34.6 Å². The Morgan fingerprint density at radius 2 is 2.00 bits per heavy atom. The third-order valence-electron chi connectivity index (χ3n) is 3.50. The second-order valence-electron chi connectivity index (χ2n) is 4.70. The summed E-state index contributed by atoms with van der Waals surface area (Å²) in [5, 5.41) is 8.95. The van der Waals surface area contributed by atoms with Crippen molar-refractivity contribution in [2.24, 2.45) is 0 Å². The molecule has 0 aromatic heterocycles. The van der Waals surface area contributed by atoms with Crippen molar-refractivity contribution in [2.45, 2.75) is 26.0 Å². The van der Waals surface area contributed by atoms with Crippen molar-refractivity contribution < 1.29 is 19.4 Å². The van der Waals surface area contributed by atoms with Gasteiger partial charge in [-0.3, -0.25) is 4.79 Å². The molecule has 1 saturated heterocycles. The van der Waals surface area contributed by atoms with Crippen molar-refractivity contribution >= 4 is 11.9 Å². The molecule has 1 amide bonds. The molecule has 1 fully saturated rings. The Balaban J connectivity index is 2.23. The van der Waals surface area contributed by atoms with Crippen molar-refractivity contribution in [2.75, 3.05) is 13.2 Å². The van der Waals surface area contributed by atoms with Crippen LogP contribution >= 0.6 is 0 Å². The summed E-state index contributed by atoms with van der Waals surface area (Å²) >= 11 is 0. The van der Waals surface area contributed by atoms with Crippen LogP contribution in [0.25, 0.3) is 0 Å². The average molecular weight is 263 g/mol. The van der Waals surface area contributed by atoms with Gasteiger partial charge < -0.3 is 14.7 Å². The lowest BCUT2D eigenvalue weighted by Gasteiger charge is -2.37. The summed E-state index contributed by atoms with van der Waals surface area (Å²) in [4.78, 5) is 25.1. The van der Waals surface area contributed by atoms with Gasteiger partial charge in [0.1, 0.15) is 0 Å². The van der Waals surface area contributed by atoms with Gasteiger partial charge in [-0.2, -0.15) is 0 Å². The molecule has 1 aromatic rings. The number of carboxylic acids is 1. The van der Waals surface area contributed by atoms with E-state index in [4.69, 9.17) is 9.84 Å². The molecule has 0 radical (unpaired) electrons. The van der Waals surface area contributed by atoms with Crippen LogP contribution in [0, 0.1) is 0 Å². The first-order valence-electron chi connectivity index (χ1n) is 6.26. The summed E-state index contributed by atoms with van der Waals surface area (Å²) in [6, 6.07) is 6.10. The maximum absolute atomic E-state index is 12.4. The molecule has 1 aliphatic heterocycles. The van der Waals surface area contributed by atoms with Crippen LogP contribution in [0.15, 0.2) is 24.3 Å². The average Bonchev–Trinajstić information content (AvgIpc) is 2.41. The van der Waals surface area contributed by atoms with E-state index < -0.39 is 5.97 Å². The summed E-state index contributed by atoms with van der Waals surface area (Å²) in [7, 11) is 0. The van der Waals surface area contributed by atoms with E-state index in [1.807, 2.05) is 13.8 Å². The van der Waals surface area contributed by atoms with E-state index in [9.17, 15) is 9.59 Å². The van der Waals surface area contributed by atoms with Crippen molar-refractivity contribution in [1.82, 2.24) is 4.90 Å². The van der Waals surface area contributed by atoms with Gasteiger partial charge in [0.2, 0.25) is 0 Å². The quantitative estimate of drug-likeness (QED) is 0.880. The van der Waals surface area contributed by atoms with E-state index in [2.05, 4.69) is 0 Å². The summed E-state index contributed by atoms with van der Waals surface area (Å²) in [5.74, 6) is -1.18. The Kier molecular flexibility index (Phi) is 3.85. The summed E-state index contributed by atoms with van der Waals surface area (Å²) in [6.07, 6.45) is -0.0136. The molecule has 1 aromatic carbocycles. The fraction of sp³-hybridized carbons (Fsp3) is 0.429. The Morgan fingerprint density at radius 1 is 1.32 bits per heavy atom. The fourth-order valence-electron chi connectivity index (χ4n) is 2.17. The number of benzene rings is 1. The Labute approximate surface area is 111 Å². The Morgan fingerprint density at radius 3 is 2.68 bits per heavy atom. The van der Waals surface area contributed by atoms with Gasteiger partial charge >= 0.3 is 5.97 Å². The Hall–Kier alpha value is -1.88. The van der Waals surface area contributed by atoms with Gasteiger partial charge in [0.15, 0.2) is 0 Å². The number of ether oxygens (including phenoxy) is 1. The highest BCUT2D eigenvalue weighted by Gasteiger charge is 2.29. The highest BCUT2D eigenvalue weighted by molar-refractivity contribution is 5.97. The van der Waals surface area contributed by atoms with Crippen molar-refractivity contribution in [3.05, 3.63) is 35.4 Å². The molecule has 5 heteroatoms. The monoisotopic (exact) mass is 263 g/mol. The van der Waals surface area contributed by atoms with Gasteiger partial charge in [0.25, 0.3) is 5.91 Å². The number of amides is 1. The van der Waals surface area contributed by atoms with Crippen LogP contribution in [0.2, 0.25) is 0 Å². The molecule has 0 bridgehead atoms. The van der Waals surface area contributed by atoms with Gasteiger partial charge in [-0.25, -0.2) is 4.79 Å². The Bertz CT molecular complexity index is 500. The summed E-state index contributed by atoms with van der Waals surface area (Å²) in [5.41, 5.74) is 0.528. The lowest BCUT2D eigenvalue weighted by molar-refractivity contribution is -0.0440.